The van der Waals surface area contributed by atoms with Crippen LogP contribution in [0.1, 0.15) is 49.3 Å². The van der Waals surface area contributed by atoms with E-state index < -0.39 is 0 Å². The van der Waals surface area contributed by atoms with E-state index in [0.29, 0.717) is 18.2 Å². The lowest BCUT2D eigenvalue weighted by atomic mass is 9.86. The molecule has 1 heterocycles. The Morgan fingerprint density at radius 3 is 2.34 bits per heavy atom. The van der Waals surface area contributed by atoms with E-state index in [1.54, 1.807) is 18.3 Å². The molecule has 2 aromatic carbocycles. The zero-order valence-corrected chi connectivity index (χ0v) is 16.4. The van der Waals surface area contributed by atoms with Crippen LogP contribution < -0.4 is 5.73 Å². The fourth-order valence-corrected chi connectivity index (χ4v) is 3.56. The van der Waals surface area contributed by atoms with Crippen LogP contribution in [0.15, 0.2) is 60.8 Å². The van der Waals surface area contributed by atoms with Crippen molar-refractivity contribution in [3.63, 3.8) is 0 Å². The Labute approximate surface area is 171 Å². The number of nitrogens with zero attached hydrogens (tertiary/aromatic N) is 2. The molecule has 29 heavy (non-hydrogen) atoms. The minimum absolute atomic E-state index is 0.246. The summed E-state index contributed by atoms with van der Waals surface area (Å²) in [6, 6.07) is 16.0. The number of hydrogen-bond acceptors (Lipinski definition) is 4. The molecule has 0 saturated heterocycles. The molecule has 4 nitrogen and oxygen atoms in total. The fraction of sp³-hybridized carbons (Fsp3) is 0.292. The van der Waals surface area contributed by atoms with Crippen molar-refractivity contribution in [3.8, 4) is 11.3 Å². The third kappa shape index (κ3) is 5.95. The SMILES string of the molecule is Nc1ncc(-c2ccc(F)cc2)nc1C1CCCCC1.O=CCc1ccccc1. The van der Waals surface area contributed by atoms with E-state index in [1.807, 2.05) is 30.3 Å². The molecule has 0 amide bonds. The number of anilines is 1. The maximum absolute atomic E-state index is 13.0. The van der Waals surface area contributed by atoms with Crippen LogP contribution in [0, 0.1) is 5.82 Å². The first-order valence-corrected chi connectivity index (χ1v) is 10.0. The summed E-state index contributed by atoms with van der Waals surface area (Å²) in [6.07, 6.45) is 9.11. The molecule has 150 valence electrons. The molecule has 0 radical (unpaired) electrons. The highest BCUT2D eigenvalue weighted by molar-refractivity contribution is 5.59. The van der Waals surface area contributed by atoms with Gasteiger partial charge in [0.15, 0.2) is 0 Å². The fourth-order valence-electron chi connectivity index (χ4n) is 3.56. The maximum atomic E-state index is 13.0. The van der Waals surface area contributed by atoms with Crippen LogP contribution in [0.2, 0.25) is 0 Å². The van der Waals surface area contributed by atoms with Crippen LogP contribution in [0.5, 0.6) is 0 Å². The smallest absolute Gasteiger partial charge is 0.145 e. The molecule has 1 aromatic heterocycles. The predicted octanol–water partition coefficient (Wildman–Crippen LogP) is 5.34. The Morgan fingerprint density at radius 2 is 1.69 bits per heavy atom. The van der Waals surface area contributed by atoms with Gasteiger partial charge in [0.2, 0.25) is 0 Å². The predicted molar refractivity (Wildman–Crippen MR) is 114 cm³/mol. The molecule has 2 N–H and O–H groups in total. The van der Waals surface area contributed by atoms with Gasteiger partial charge in [-0.15, -0.1) is 0 Å². The number of carbonyl (C=O) groups is 1. The molecule has 0 atom stereocenters. The Morgan fingerprint density at radius 1 is 1.00 bits per heavy atom. The van der Waals surface area contributed by atoms with E-state index in [2.05, 4.69) is 9.97 Å². The van der Waals surface area contributed by atoms with Crippen molar-refractivity contribution in [2.24, 2.45) is 0 Å². The van der Waals surface area contributed by atoms with Gasteiger partial charge >= 0.3 is 0 Å². The standard InChI is InChI=1S/C16H18FN3.C8H8O/c17-13-8-6-11(7-9-13)14-10-19-16(18)15(20-14)12-4-2-1-3-5-12;9-7-6-8-4-2-1-3-5-8/h6-10,12H,1-5H2,(H2,18,19);1-5,7H,6H2. The van der Waals surface area contributed by atoms with Crippen LogP contribution in [0.25, 0.3) is 11.3 Å². The molecule has 1 aliphatic rings. The molecule has 0 bridgehead atoms. The van der Waals surface area contributed by atoms with Crippen molar-refractivity contribution in [1.29, 1.82) is 0 Å². The van der Waals surface area contributed by atoms with Crippen molar-refractivity contribution in [1.82, 2.24) is 9.97 Å². The molecule has 0 unspecified atom stereocenters. The van der Waals surface area contributed by atoms with Crippen molar-refractivity contribution in [2.45, 2.75) is 44.4 Å². The van der Waals surface area contributed by atoms with Crippen LogP contribution >= 0.6 is 0 Å². The Balaban J connectivity index is 0.000000224. The second-order valence-electron chi connectivity index (χ2n) is 7.22. The van der Waals surface area contributed by atoms with Crippen molar-refractivity contribution < 1.29 is 9.18 Å². The van der Waals surface area contributed by atoms with Crippen LogP contribution in [-0.4, -0.2) is 16.3 Å². The summed E-state index contributed by atoms with van der Waals surface area (Å²) in [5, 5.41) is 0. The normalized spacial score (nSPS) is 14.0. The molecule has 0 aliphatic heterocycles. The highest BCUT2D eigenvalue weighted by Gasteiger charge is 2.20. The molecule has 0 spiro atoms. The molecule has 5 heteroatoms. The molecule has 3 aromatic rings. The van der Waals surface area contributed by atoms with Crippen LogP contribution in [0.4, 0.5) is 10.2 Å². The van der Waals surface area contributed by atoms with Crippen LogP contribution in [0.3, 0.4) is 0 Å². The van der Waals surface area contributed by atoms with Gasteiger partial charge in [-0.3, -0.25) is 0 Å². The Kier molecular flexibility index (Phi) is 7.45. The van der Waals surface area contributed by atoms with Gasteiger partial charge in [-0.1, -0.05) is 49.6 Å². The maximum Gasteiger partial charge on any atom is 0.145 e. The summed E-state index contributed by atoms with van der Waals surface area (Å²) in [7, 11) is 0. The molecule has 1 fully saturated rings. The number of hydrogen-bond donors (Lipinski definition) is 1. The lowest BCUT2D eigenvalue weighted by Crippen LogP contribution is -2.11. The topological polar surface area (TPSA) is 68.9 Å². The van der Waals surface area contributed by atoms with Crippen molar-refractivity contribution >= 4 is 12.1 Å². The second-order valence-corrected chi connectivity index (χ2v) is 7.22. The number of carbonyl (C=O) groups excluding carboxylic acids is 1. The number of nitrogen functional groups attached to an aromatic ring is 1. The number of benzene rings is 2. The number of rotatable bonds is 4. The minimum Gasteiger partial charge on any atom is -0.382 e. The number of nitrogens with two attached hydrogens (primary N) is 1. The average Bonchev–Trinajstić information content (AvgIpc) is 2.77. The summed E-state index contributed by atoms with van der Waals surface area (Å²) in [5.41, 5.74) is 9.61. The van der Waals surface area contributed by atoms with Crippen molar-refractivity contribution in [3.05, 3.63) is 77.9 Å². The van der Waals surface area contributed by atoms with Gasteiger partial charge in [0.1, 0.15) is 17.9 Å². The molecular formula is C24H26FN3O. The van der Waals surface area contributed by atoms with E-state index in [4.69, 9.17) is 5.73 Å². The number of halogens is 1. The van der Waals surface area contributed by atoms with Gasteiger partial charge in [0.05, 0.1) is 17.6 Å². The molecule has 1 saturated carbocycles. The summed E-state index contributed by atoms with van der Waals surface area (Å²) in [6.45, 7) is 0. The van der Waals surface area contributed by atoms with Gasteiger partial charge in [-0.05, 0) is 42.7 Å². The lowest BCUT2D eigenvalue weighted by Gasteiger charge is -2.22. The summed E-state index contributed by atoms with van der Waals surface area (Å²) in [4.78, 5) is 18.9. The van der Waals surface area contributed by atoms with Gasteiger partial charge in [0, 0.05) is 17.9 Å². The van der Waals surface area contributed by atoms with E-state index >= 15 is 0 Å². The van der Waals surface area contributed by atoms with E-state index in [9.17, 15) is 9.18 Å². The van der Waals surface area contributed by atoms with Crippen molar-refractivity contribution in [2.75, 3.05) is 5.73 Å². The molecule has 1 aliphatic carbocycles. The Bertz CT molecular complexity index is 907. The summed E-state index contributed by atoms with van der Waals surface area (Å²) < 4.78 is 13.0. The van der Waals surface area contributed by atoms with E-state index in [0.717, 1.165) is 41.6 Å². The molecular weight excluding hydrogens is 365 g/mol. The largest absolute Gasteiger partial charge is 0.382 e. The average molecular weight is 391 g/mol. The first kappa shape index (κ1) is 20.6. The summed E-state index contributed by atoms with van der Waals surface area (Å²) >= 11 is 0. The highest BCUT2D eigenvalue weighted by atomic mass is 19.1. The van der Waals surface area contributed by atoms with Gasteiger partial charge in [-0.25, -0.2) is 14.4 Å². The quantitative estimate of drug-likeness (QED) is 0.610. The van der Waals surface area contributed by atoms with Gasteiger partial charge < -0.3 is 10.5 Å². The highest BCUT2D eigenvalue weighted by Crippen LogP contribution is 2.34. The minimum atomic E-state index is -0.246. The number of aldehydes is 1. The van der Waals surface area contributed by atoms with Crippen LogP contribution in [-0.2, 0) is 11.2 Å². The zero-order chi connectivity index (χ0) is 20.5. The van der Waals surface area contributed by atoms with Gasteiger partial charge in [-0.2, -0.15) is 0 Å². The summed E-state index contributed by atoms with van der Waals surface area (Å²) in [5.74, 6) is 0.698. The second kappa shape index (κ2) is 10.5. The Hall–Kier alpha value is -3.08. The van der Waals surface area contributed by atoms with Gasteiger partial charge in [0.25, 0.3) is 0 Å². The molecule has 4 rings (SSSR count). The van der Waals surface area contributed by atoms with E-state index in [1.165, 1.54) is 31.4 Å². The first-order valence-electron chi connectivity index (χ1n) is 10.0. The third-order valence-electron chi connectivity index (χ3n) is 5.12. The lowest BCUT2D eigenvalue weighted by molar-refractivity contribution is -0.107. The first-order chi connectivity index (χ1) is 14.2. The zero-order valence-electron chi connectivity index (χ0n) is 16.4. The monoisotopic (exact) mass is 391 g/mol. The van der Waals surface area contributed by atoms with E-state index in [-0.39, 0.29) is 5.82 Å². The number of aromatic nitrogens is 2. The third-order valence-corrected chi connectivity index (χ3v) is 5.12.